The number of likely N-dealkylation sites (tertiary alicyclic amines) is 1. The van der Waals surface area contributed by atoms with Gasteiger partial charge in [-0.2, -0.15) is 0 Å². The molecular weight excluding hydrogens is 498 g/mol. The first-order valence-electron chi connectivity index (χ1n) is 13.5. The molecule has 3 heterocycles. The Hall–Kier alpha value is -3.23. The lowest BCUT2D eigenvalue weighted by Gasteiger charge is -2.41. The lowest BCUT2D eigenvalue weighted by Crippen LogP contribution is -2.45. The summed E-state index contributed by atoms with van der Waals surface area (Å²) in [6.45, 7) is 3.54. The van der Waals surface area contributed by atoms with Crippen LogP contribution in [0.4, 0.5) is 0 Å². The van der Waals surface area contributed by atoms with E-state index < -0.39 is 0 Å². The third kappa shape index (κ3) is 6.60. The molecule has 2 aliphatic heterocycles. The van der Waals surface area contributed by atoms with E-state index in [1.165, 1.54) is 5.56 Å². The largest absolute Gasteiger partial charge is 0.492 e. The first-order chi connectivity index (χ1) is 18.6. The molecule has 0 saturated carbocycles. The van der Waals surface area contributed by atoms with Crippen LogP contribution in [-0.2, 0) is 11.2 Å². The number of nitrogens with one attached hydrogen (secondary N) is 1. The second-order valence-electron chi connectivity index (χ2n) is 10.2. The van der Waals surface area contributed by atoms with Crippen LogP contribution in [0, 0.1) is 5.41 Å². The number of thiazole rings is 1. The van der Waals surface area contributed by atoms with E-state index in [0.717, 1.165) is 43.5 Å². The summed E-state index contributed by atoms with van der Waals surface area (Å²) >= 11 is 1.55. The monoisotopic (exact) mass is 533 g/mol. The van der Waals surface area contributed by atoms with Crippen molar-refractivity contribution < 1.29 is 19.1 Å². The van der Waals surface area contributed by atoms with Crippen molar-refractivity contribution in [3.63, 3.8) is 0 Å². The van der Waals surface area contributed by atoms with Crippen LogP contribution in [0.3, 0.4) is 0 Å². The Morgan fingerprint density at radius 2 is 1.79 bits per heavy atom. The number of fused-ring (bicyclic) bond motifs is 1. The molecule has 8 heteroatoms. The van der Waals surface area contributed by atoms with Crippen LogP contribution in [-0.4, -0.2) is 61.2 Å². The van der Waals surface area contributed by atoms with Crippen LogP contribution in [0.15, 0.2) is 60.0 Å². The van der Waals surface area contributed by atoms with Crippen molar-refractivity contribution >= 4 is 23.2 Å². The molecule has 1 aromatic heterocycles. The maximum Gasteiger partial charge on any atom is 0.273 e. The molecule has 1 saturated heterocycles. The summed E-state index contributed by atoms with van der Waals surface area (Å²) in [6.07, 6.45) is 5.47. The number of rotatable bonds is 3. The molecule has 1 spiro atoms. The van der Waals surface area contributed by atoms with E-state index in [4.69, 9.17) is 9.47 Å². The predicted molar refractivity (Wildman–Crippen MR) is 148 cm³/mol. The zero-order chi connectivity index (χ0) is 26.2. The molecule has 3 aromatic rings. The van der Waals surface area contributed by atoms with Gasteiger partial charge in [0.2, 0.25) is 0 Å². The van der Waals surface area contributed by atoms with Gasteiger partial charge in [-0.15, -0.1) is 11.3 Å². The lowest BCUT2D eigenvalue weighted by atomic mass is 9.75. The van der Waals surface area contributed by atoms with Gasteiger partial charge in [-0.3, -0.25) is 9.59 Å². The topological polar surface area (TPSA) is 80.8 Å². The normalized spacial score (nSPS) is 18.6. The zero-order valence-electron chi connectivity index (χ0n) is 21.7. The second-order valence-corrected chi connectivity index (χ2v) is 11.1. The fourth-order valence-electron chi connectivity index (χ4n) is 5.22. The third-order valence-corrected chi connectivity index (χ3v) is 8.37. The molecule has 38 heavy (non-hydrogen) atoms. The molecule has 2 aliphatic rings. The Labute approximate surface area is 228 Å². The summed E-state index contributed by atoms with van der Waals surface area (Å²) < 4.78 is 12.1. The fourth-order valence-corrected chi connectivity index (χ4v) is 6.02. The van der Waals surface area contributed by atoms with Crippen LogP contribution in [0.1, 0.15) is 63.5 Å². The Morgan fingerprint density at radius 3 is 2.63 bits per heavy atom. The van der Waals surface area contributed by atoms with Crippen molar-refractivity contribution in [3.8, 4) is 5.75 Å². The first-order valence-corrected chi connectivity index (χ1v) is 14.4. The predicted octanol–water partition coefficient (Wildman–Crippen LogP) is 4.97. The molecule has 2 aromatic carbocycles. The number of amides is 2. The van der Waals surface area contributed by atoms with E-state index in [0.29, 0.717) is 56.5 Å². The van der Waals surface area contributed by atoms with Crippen LogP contribution >= 0.6 is 11.3 Å². The highest BCUT2D eigenvalue weighted by molar-refractivity contribution is 7.09. The number of carbonyl (C=O) groups excluding carboxylic acids is 2. The number of para-hydroxylation sites is 1. The van der Waals surface area contributed by atoms with Gasteiger partial charge < -0.3 is 19.7 Å². The van der Waals surface area contributed by atoms with Crippen LogP contribution in [0.2, 0.25) is 0 Å². The van der Waals surface area contributed by atoms with E-state index in [1.807, 2.05) is 46.7 Å². The van der Waals surface area contributed by atoms with Crippen molar-refractivity contribution in [2.75, 3.05) is 39.5 Å². The summed E-state index contributed by atoms with van der Waals surface area (Å²) in [4.78, 5) is 32.6. The zero-order valence-corrected chi connectivity index (χ0v) is 22.5. The van der Waals surface area contributed by atoms with Crippen molar-refractivity contribution in [1.82, 2.24) is 15.2 Å². The smallest absolute Gasteiger partial charge is 0.273 e. The van der Waals surface area contributed by atoms with E-state index in [1.54, 1.807) is 17.4 Å². The van der Waals surface area contributed by atoms with Crippen molar-refractivity contribution in [2.45, 2.75) is 38.5 Å². The molecule has 0 bridgehead atoms. The Kier molecular flexibility index (Phi) is 8.71. The quantitative estimate of drug-likeness (QED) is 0.515. The molecule has 0 unspecified atom stereocenters. The number of nitrogens with zero attached hydrogens (tertiary/aromatic N) is 2. The molecule has 1 fully saturated rings. The van der Waals surface area contributed by atoms with Gasteiger partial charge in [-0.05, 0) is 43.4 Å². The maximum atomic E-state index is 13.3. The van der Waals surface area contributed by atoms with Gasteiger partial charge in [0.05, 0.1) is 23.8 Å². The average molecular weight is 534 g/mol. The second kappa shape index (κ2) is 12.5. The van der Waals surface area contributed by atoms with E-state index in [2.05, 4.69) is 22.4 Å². The number of aromatic nitrogens is 1. The SMILES string of the molecule is O=C1NCCOCCCCC2(CCN(C(=O)c3csc(Cc4ccccc4)n3)CC2)COc2ccccc21. The van der Waals surface area contributed by atoms with Gasteiger partial charge in [-0.25, -0.2) is 4.98 Å². The lowest BCUT2D eigenvalue weighted by molar-refractivity contribution is 0.0338. The minimum Gasteiger partial charge on any atom is -0.492 e. The number of piperidine rings is 1. The summed E-state index contributed by atoms with van der Waals surface area (Å²) in [5, 5.41) is 5.76. The minimum absolute atomic E-state index is 0.00707. The first kappa shape index (κ1) is 26.4. The van der Waals surface area contributed by atoms with Gasteiger partial charge in [0.1, 0.15) is 11.4 Å². The van der Waals surface area contributed by atoms with Gasteiger partial charge in [-0.1, -0.05) is 48.9 Å². The van der Waals surface area contributed by atoms with Crippen LogP contribution < -0.4 is 10.1 Å². The summed E-state index contributed by atoms with van der Waals surface area (Å²) in [5.41, 5.74) is 2.22. The van der Waals surface area contributed by atoms with Gasteiger partial charge in [0, 0.05) is 43.5 Å². The molecule has 1 N–H and O–H groups in total. The van der Waals surface area contributed by atoms with Crippen molar-refractivity contribution in [3.05, 3.63) is 81.8 Å². The minimum atomic E-state index is -0.148. The molecular formula is C30H35N3O4S. The average Bonchev–Trinajstić information content (AvgIpc) is 3.42. The van der Waals surface area contributed by atoms with Crippen molar-refractivity contribution in [1.29, 1.82) is 0 Å². The molecule has 0 aliphatic carbocycles. The van der Waals surface area contributed by atoms with E-state index in [9.17, 15) is 9.59 Å². The van der Waals surface area contributed by atoms with E-state index >= 15 is 0 Å². The number of hydrogen-bond donors (Lipinski definition) is 1. The maximum absolute atomic E-state index is 13.3. The fraction of sp³-hybridized carbons (Fsp3) is 0.433. The summed E-state index contributed by atoms with van der Waals surface area (Å²) in [6, 6.07) is 17.6. The van der Waals surface area contributed by atoms with Crippen molar-refractivity contribution in [2.24, 2.45) is 5.41 Å². The van der Waals surface area contributed by atoms with Crippen LogP contribution in [0.5, 0.6) is 5.75 Å². The third-order valence-electron chi connectivity index (χ3n) is 7.52. The summed E-state index contributed by atoms with van der Waals surface area (Å²) in [7, 11) is 0. The number of ether oxygens (including phenoxy) is 2. The highest BCUT2D eigenvalue weighted by atomic mass is 32.1. The molecule has 7 nitrogen and oxygen atoms in total. The highest BCUT2D eigenvalue weighted by Crippen LogP contribution is 2.38. The molecule has 0 atom stereocenters. The molecule has 5 rings (SSSR count). The Balaban J connectivity index is 1.24. The standard InChI is InChI=1S/C30H35N3O4S/c34-28-24-10-4-5-11-26(24)37-22-30(12-6-7-18-36-19-15-31-28)13-16-33(17-14-30)29(35)25-21-38-27(32-25)20-23-8-2-1-3-9-23/h1-5,8-11,21H,6-7,12-20,22H2,(H,31,34). The van der Waals surface area contributed by atoms with E-state index in [-0.39, 0.29) is 17.2 Å². The van der Waals surface area contributed by atoms with Gasteiger partial charge in [0.15, 0.2) is 0 Å². The number of benzene rings is 2. The van der Waals surface area contributed by atoms with Crippen LogP contribution in [0.25, 0.3) is 0 Å². The summed E-state index contributed by atoms with van der Waals surface area (Å²) in [5.74, 6) is 0.465. The molecule has 200 valence electrons. The highest BCUT2D eigenvalue weighted by Gasteiger charge is 2.37. The molecule has 0 radical (unpaired) electrons. The number of hydrogen-bond acceptors (Lipinski definition) is 6. The van der Waals surface area contributed by atoms with Gasteiger partial charge in [0.25, 0.3) is 11.8 Å². The number of carbonyl (C=O) groups is 2. The Bertz CT molecular complexity index is 1220. The van der Waals surface area contributed by atoms with Gasteiger partial charge >= 0.3 is 0 Å². The molecule has 2 amide bonds. The Morgan fingerprint density at radius 1 is 1.00 bits per heavy atom.